The Kier molecular flexibility index (Phi) is 4.16. The van der Waals surface area contributed by atoms with Gasteiger partial charge in [0.05, 0.1) is 5.54 Å². The maximum absolute atomic E-state index is 13.1. The number of hydrogen-bond acceptors (Lipinski definition) is 3. The third kappa shape index (κ3) is 2.96. The number of pyridine rings is 1. The van der Waals surface area contributed by atoms with Gasteiger partial charge in [-0.1, -0.05) is 18.2 Å². The number of aromatic nitrogens is 2. The number of aryl methyl sites for hydroxylation is 3. The lowest BCUT2D eigenvalue weighted by molar-refractivity contribution is 0.0394. The van der Waals surface area contributed by atoms with Crippen LogP contribution in [0.3, 0.4) is 0 Å². The Morgan fingerprint density at radius 3 is 2.73 bits per heavy atom. The van der Waals surface area contributed by atoms with E-state index in [1.54, 1.807) is 22.6 Å². The molecule has 4 heterocycles. The Bertz CT molecular complexity index is 1220. The van der Waals surface area contributed by atoms with Crippen LogP contribution in [-0.2, 0) is 13.0 Å². The molecule has 2 aliphatic heterocycles. The van der Waals surface area contributed by atoms with E-state index in [0.29, 0.717) is 38.2 Å². The van der Waals surface area contributed by atoms with Gasteiger partial charge in [-0.3, -0.25) is 9.59 Å². The summed E-state index contributed by atoms with van der Waals surface area (Å²) in [6, 6.07) is 9.67. The summed E-state index contributed by atoms with van der Waals surface area (Å²) in [5.74, 6) is -0.272. The minimum atomic E-state index is -0.399. The molecule has 1 spiro atoms. The number of H-pyrrole nitrogens is 1. The third-order valence-electron chi connectivity index (χ3n) is 6.12. The molecule has 3 aromatic rings. The molecular formula is C22H23N5O3. The van der Waals surface area contributed by atoms with Crippen LogP contribution in [0.2, 0.25) is 0 Å². The van der Waals surface area contributed by atoms with Crippen molar-refractivity contribution >= 4 is 22.8 Å². The highest BCUT2D eigenvalue weighted by Crippen LogP contribution is 2.25. The monoisotopic (exact) mass is 405 g/mol. The third-order valence-corrected chi connectivity index (χ3v) is 6.12. The van der Waals surface area contributed by atoms with E-state index in [4.69, 9.17) is 0 Å². The van der Waals surface area contributed by atoms with Crippen molar-refractivity contribution in [3.8, 4) is 0 Å². The summed E-state index contributed by atoms with van der Waals surface area (Å²) in [5.41, 5.74) is 2.42. The maximum atomic E-state index is 13.1. The lowest BCUT2D eigenvalue weighted by atomic mass is 9.90. The van der Waals surface area contributed by atoms with Crippen molar-refractivity contribution in [2.75, 3.05) is 19.6 Å². The number of nitrogens with zero attached hydrogens (tertiary/aromatic N) is 2. The molecule has 2 fully saturated rings. The lowest BCUT2D eigenvalue weighted by Crippen LogP contribution is -2.70. The summed E-state index contributed by atoms with van der Waals surface area (Å²) in [6.07, 6.45) is 4.41. The molecule has 8 nitrogen and oxygen atoms in total. The summed E-state index contributed by atoms with van der Waals surface area (Å²) in [4.78, 5) is 42.4. The first kappa shape index (κ1) is 18.5. The molecule has 3 amide bonds. The van der Waals surface area contributed by atoms with Crippen molar-refractivity contribution < 1.29 is 9.59 Å². The first-order valence-corrected chi connectivity index (χ1v) is 10.1. The first-order valence-electron chi connectivity index (χ1n) is 10.1. The number of fused-ring (bicyclic) bond motifs is 1. The Hall–Kier alpha value is -3.55. The highest BCUT2D eigenvalue weighted by molar-refractivity contribution is 5.96. The predicted octanol–water partition coefficient (Wildman–Crippen LogP) is 1.39. The largest absolute Gasteiger partial charge is 0.361 e. The minimum absolute atomic E-state index is 0.211. The van der Waals surface area contributed by atoms with Crippen molar-refractivity contribution in [3.05, 3.63) is 69.8 Å². The van der Waals surface area contributed by atoms with Crippen LogP contribution in [0.5, 0.6) is 0 Å². The van der Waals surface area contributed by atoms with Crippen molar-refractivity contribution in [2.45, 2.75) is 25.4 Å². The fourth-order valence-corrected chi connectivity index (χ4v) is 4.44. The molecule has 8 heteroatoms. The molecule has 0 atom stereocenters. The quantitative estimate of drug-likeness (QED) is 0.612. The van der Waals surface area contributed by atoms with Gasteiger partial charge in [0, 0.05) is 49.5 Å². The molecule has 5 rings (SSSR count). The Morgan fingerprint density at radius 1 is 1.17 bits per heavy atom. The zero-order valence-corrected chi connectivity index (χ0v) is 16.7. The van der Waals surface area contributed by atoms with Crippen LogP contribution in [-0.4, -0.2) is 51.6 Å². The topological polar surface area (TPSA) is 99.2 Å². The second kappa shape index (κ2) is 6.76. The molecule has 2 aliphatic rings. The number of benzene rings is 1. The average Bonchev–Trinajstić information content (AvgIpc) is 3.30. The second-order valence-corrected chi connectivity index (χ2v) is 8.23. The van der Waals surface area contributed by atoms with Crippen LogP contribution < -0.4 is 16.2 Å². The van der Waals surface area contributed by atoms with E-state index in [0.717, 1.165) is 16.5 Å². The Labute approximate surface area is 172 Å². The molecule has 154 valence electrons. The summed E-state index contributed by atoms with van der Waals surface area (Å²) in [5, 5.41) is 6.74. The Balaban J connectivity index is 1.34. The van der Waals surface area contributed by atoms with Crippen LogP contribution in [0.15, 0.2) is 47.5 Å². The average molecular weight is 405 g/mol. The lowest BCUT2D eigenvalue weighted by Gasteiger charge is -2.46. The summed E-state index contributed by atoms with van der Waals surface area (Å²) < 4.78 is 1.61. The van der Waals surface area contributed by atoms with E-state index in [2.05, 4.69) is 21.7 Å². The zero-order valence-electron chi connectivity index (χ0n) is 16.7. The second-order valence-electron chi connectivity index (χ2n) is 8.23. The number of urea groups is 1. The molecule has 0 saturated carbocycles. The zero-order chi connectivity index (χ0) is 20.9. The predicted molar refractivity (Wildman–Crippen MR) is 113 cm³/mol. The first-order chi connectivity index (χ1) is 14.5. The van der Waals surface area contributed by atoms with E-state index in [1.165, 1.54) is 0 Å². The molecule has 3 N–H and O–H groups in total. The molecule has 0 bridgehead atoms. The van der Waals surface area contributed by atoms with E-state index >= 15 is 0 Å². The fraction of sp³-hybridized carbons (Fsp3) is 0.318. The van der Waals surface area contributed by atoms with Gasteiger partial charge in [-0.2, -0.15) is 0 Å². The SMILES string of the molecule is Cc1ccn(CCc2c[nH]c3ccccc23)c(=O)c1C(=O)N1CC2(CNC(=O)N2)C1. The smallest absolute Gasteiger partial charge is 0.315 e. The van der Waals surface area contributed by atoms with Crippen LogP contribution in [0, 0.1) is 6.92 Å². The molecule has 0 unspecified atom stereocenters. The molecule has 1 aromatic carbocycles. The summed E-state index contributed by atoms with van der Waals surface area (Å²) >= 11 is 0. The maximum Gasteiger partial charge on any atom is 0.315 e. The molecule has 2 saturated heterocycles. The van der Waals surface area contributed by atoms with Crippen molar-refractivity contribution in [1.29, 1.82) is 0 Å². The highest BCUT2D eigenvalue weighted by atomic mass is 16.2. The number of para-hydroxylation sites is 1. The highest BCUT2D eigenvalue weighted by Gasteiger charge is 2.50. The van der Waals surface area contributed by atoms with Gasteiger partial charge in [-0.15, -0.1) is 0 Å². The number of likely N-dealkylation sites (tertiary alicyclic amines) is 1. The van der Waals surface area contributed by atoms with Gasteiger partial charge >= 0.3 is 6.03 Å². The van der Waals surface area contributed by atoms with E-state index in [1.807, 2.05) is 30.5 Å². The van der Waals surface area contributed by atoms with E-state index in [9.17, 15) is 14.4 Å². The van der Waals surface area contributed by atoms with Gasteiger partial charge in [-0.05, 0) is 36.6 Å². The van der Waals surface area contributed by atoms with Crippen LogP contribution in [0.25, 0.3) is 10.9 Å². The number of hydrogen-bond donors (Lipinski definition) is 3. The number of carbonyl (C=O) groups is 2. The Morgan fingerprint density at radius 2 is 1.97 bits per heavy atom. The van der Waals surface area contributed by atoms with Gasteiger partial charge in [-0.25, -0.2) is 4.79 Å². The van der Waals surface area contributed by atoms with Crippen LogP contribution >= 0.6 is 0 Å². The number of carbonyl (C=O) groups excluding carboxylic acids is 2. The molecule has 2 aromatic heterocycles. The van der Waals surface area contributed by atoms with Gasteiger partial charge < -0.3 is 25.1 Å². The van der Waals surface area contributed by atoms with Gasteiger partial charge in [0.25, 0.3) is 11.5 Å². The normalized spacial score (nSPS) is 17.1. The summed E-state index contributed by atoms with van der Waals surface area (Å²) in [7, 11) is 0. The van der Waals surface area contributed by atoms with Gasteiger partial charge in [0.15, 0.2) is 0 Å². The molecular weight excluding hydrogens is 382 g/mol. The number of aromatic amines is 1. The van der Waals surface area contributed by atoms with Gasteiger partial charge in [0.2, 0.25) is 0 Å². The number of rotatable bonds is 4. The molecule has 30 heavy (non-hydrogen) atoms. The fourth-order valence-electron chi connectivity index (χ4n) is 4.44. The van der Waals surface area contributed by atoms with Crippen molar-refractivity contribution in [2.24, 2.45) is 0 Å². The van der Waals surface area contributed by atoms with Crippen molar-refractivity contribution in [3.63, 3.8) is 0 Å². The van der Waals surface area contributed by atoms with Crippen LogP contribution in [0.1, 0.15) is 21.5 Å². The molecule has 0 radical (unpaired) electrons. The van der Waals surface area contributed by atoms with E-state index < -0.39 is 5.54 Å². The minimum Gasteiger partial charge on any atom is -0.361 e. The van der Waals surface area contributed by atoms with Crippen LogP contribution in [0.4, 0.5) is 4.79 Å². The van der Waals surface area contributed by atoms with Crippen molar-refractivity contribution in [1.82, 2.24) is 25.1 Å². The molecule has 0 aliphatic carbocycles. The standard InChI is InChI=1S/C22H23N5O3/c1-14-6-8-26(9-7-15-10-23-17-5-3-2-4-16(15)17)19(28)18(14)20(29)27-12-22(13-27)11-24-21(30)25-22/h2-6,8,10,23H,7,9,11-13H2,1H3,(H2,24,25,30). The number of nitrogens with one attached hydrogen (secondary N) is 3. The number of amides is 3. The van der Waals surface area contributed by atoms with E-state index in [-0.39, 0.29) is 23.1 Å². The van der Waals surface area contributed by atoms with Gasteiger partial charge in [0.1, 0.15) is 5.56 Å². The summed E-state index contributed by atoms with van der Waals surface area (Å²) in [6.45, 7) is 3.60.